The smallest absolute Gasteiger partial charge is 0.272 e. The van der Waals surface area contributed by atoms with Crippen molar-refractivity contribution in [2.45, 2.75) is 6.36 Å². The number of aromatic nitrogens is 1. The molecule has 0 bridgehead atoms. The molecule has 0 aliphatic carbocycles. The van der Waals surface area contributed by atoms with Crippen molar-refractivity contribution in [2.24, 2.45) is 0 Å². The van der Waals surface area contributed by atoms with E-state index in [2.05, 4.69) is 4.98 Å². The Labute approximate surface area is 85.4 Å². The summed E-state index contributed by atoms with van der Waals surface area (Å²) in [5.74, 6) is 0.946. The van der Waals surface area contributed by atoms with E-state index in [0.717, 1.165) is 5.39 Å². The van der Waals surface area contributed by atoms with Crippen LogP contribution in [-0.4, -0.2) is 17.9 Å². The Morgan fingerprint density at radius 3 is 3.20 bits per heavy atom. The van der Waals surface area contributed by atoms with Crippen molar-refractivity contribution in [1.82, 2.24) is 4.98 Å². The summed E-state index contributed by atoms with van der Waals surface area (Å²) in [5.41, 5.74) is 0.636. The van der Waals surface area contributed by atoms with Crippen LogP contribution in [0.3, 0.4) is 0 Å². The second-order valence-corrected chi connectivity index (χ2v) is 3.31. The van der Waals surface area contributed by atoms with Gasteiger partial charge in [-0.25, -0.2) is 0 Å². The van der Waals surface area contributed by atoms with Crippen molar-refractivity contribution in [3.8, 4) is 11.5 Å². The van der Waals surface area contributed by atoms with E-state index in [1.807, 2.05) is 18.2 Å². The highest BCUT2D eigenvalue weighted by molar-refractivity contribution is 5.87. The highest BCUT2D eigenvalue weighted by Gasteiger charge is 2.22. The molecule has 1 unspecified atom stereocenters. The molecule has 1 atom stereocenters. The molecule has 0 saturated carbocycles. The van der Waals surface area contributed by atoms with E-state index in [1.54, 1.807) is 12.3 Å². The highest BCUT2D eigenvalue weighted by Crippen LogP contribution is 2.37. The fourth-order valence-corrected chi connectivity index (χ4v) is 1.64. The van der Waals surface area contributed by atoms with Gasteiger partial charge in [0.05, 0.1) is 0 Å². The fourth-order valence-electron chi connectivity index (χ4n) is 1.64. The molecular formula is C11H8FNO2. The standard InChI is InChI=1S/C11H8FNO2/c12-9-6-14-8-4-3-7-2-1-5-13-10(7)11(8)15-9/h1-5,9H,6H2. The van der Waals surface area contributed by atoms with E-state index in [0.29, 0.717) is 17.0 Å². The predicted molar refractivity (Wildman–Crippen MR) is 52.8 cm³/mol. The largest absolute Gasteiger partial charge is 0.483 e. The van der Waals surface area contributed by atoms with Gasteiger partial charge in [-0.05, 0) is 18.2 Å². The van der Waals surface area contributed by atoms with Crippen molar-refractivity contribution in [1.29, 1.82) is 0 Å². The molecule has 76 valence electrons. The van der Waals surface area contributed by atoms with Gasteiger partial charge in [0.1, 0.15) is 5.52 Å². The minimum absolute atomic E-state index is 0.0641. The molecular weight excluding hydrogens is 197 g/mol. The van der Waals surface area contributed by atoms with Gasteiger partial charge in [-0.1, -0.05) is 6.07 Å². The third-order valence-corrected chi connectivity index (χ3v) is 2.31. The molecule has 1 aliphatic rings. The van der Waals surface area contributed by atoms with Crippen molar-refractivity contribution < 1.29 is 13.9 Å². The van der Waals surface area contributed by atoms with E-state index in [-0.39, 0.29) is 6.61 Å². The first-order chi connectivity index (χ1) is 7.34. The van der Waals surface area contributed by atoms with Gasteiger partial charge in [0.25, 0.3) is 6.36 Å². The lowest BCUT2D eigenvalue weighted by Crippen LogP contribution is -2.24. The van der Waals surface area contributed by atoms with Crippen LogP contribution < -0.4 is 9.47 Å². The number of hydrogen-bond acceptors (Lipinski definition) is 3. The minimum Gasteiger partial charge on any atom is -0.483 e. The molecule has 0 spiro atoms. The van der Waals surface area contributed by atoms with Crippen LogP contribution in [0.4, 0.5) is 4.39 Å². The first kappa shape index (κ1) is 8.47. The number of ether oxygens (including phenoxy) is 2. The molecule has 0 amide bonds. The quantitative estimate of drug-likeness (QED) is 0.661. The number of fused-ring (bicyclic) bond motifs is 3. The molecule has 2 aromatic rings. The number of nitrogens with zero attached hydrogens (tertiary/aromatic N) is 1. The van der Waals surface area contributed by atoms with Gasteiger partial charge < -0.3 is 9.47 Å². The molecule has 15 heavy (non-hydrogen) atoms. The van der Waals surface area contributed by atoms with E-state index < -0.39 is 6.36 Å². The minimum atomic E-state index is -1.41. The van der Waals surface area contributed by atoms with E-state index in [9.17, 15) is 4.39 Å². The van der Waals surface area contributed by atoms with Gasteiger partial charge in [-0.3, -0.25) is 4.98 Å². The zero-order valence-corrected chi connectivity index (χ0v) is 7.81. The average molecular weight is 205 g/mol. The van der Waals surface area contributed by atoms with Gasteiger partial charge in [-0.15, -0.1) is 0 Å². The van der Waals surface area contributed by atoms with Crippen LogP contribution in [0.25, 0.3) is 10.9 Å². The Bertz CT molecular complexity index is 515. The Kier molecular flexibility index (Phi) is 1.74. The summed E-state index contributed by atoms with van der Waals surface area (Å²) in [7, 11) is 0. The maximum absolute atomic E-state index is 13.0. The van der Waals surface area contributed by atoms with Crippen molar-refractivity contribution >= 4 is 10.9 Å². The highest BCUT2D eigenvalue weighted by atomic mass is 19.1. The lowest BCUT2D eigenvalue weighted by molar-refractivity contribution is -0.00154. The lowest BCUT2D eigenvalue weighted by Gasteiger charge is -2.22. The van der Waals surface area contributed by atoms with Crippen LogP contribution in [0.1, 0.15) is 0 Å². The van der Waals surface area contributed by atoms with E-state index >= 15 is 0 Å². The van der Waals surface area contributed by atoms with Crippen LogP contribution in [0, 0.1) is 0 Å². The molecule has 0 fully saturated rings. The molecule has 1 aromatic heterocycles. The zero-order chi connectivity index (χ0) is 10.3. The van der Waals surface area contributed by atoms with Gasteiger partial charge in [-0.2, -0.15) is 4.39 Å². The SMILES string of the molecule is FC1COc2ccc3cccnc3c2O1. The van der Waals surface area contributed by atoms with Crippen molar-refractivity contribution in [3.63, 3.8) is 0 Å². The monoisotopic (exact) mass is 205 g/mol. The summed E-state index contributed by atoms with van der Waals surface area (Å²) in [6.45, 7) is -0.0641. The molecule has 0 saturated heterocycles. The van der Waals surface area contributed by atoms with E-state index in [1.165, 1.54) is 0 Å². The van der Waals surface area contributed by atoms with Gasteiger partial charge in [0, 0.05) is 11.6 Å². The number of alkyl halides is 1. The summed E-state index contributed by atoms with van der Waals surface area (Å²) in [6, 6.07) is 7.37. The zero-order valence-electron chi connectivity index (χ0n) is 7.81. The number of rotatable bonds is 0. The van der Waals surface area contributed by atoms with Crippen LogP contribution in [0.2, 0.25) is 0 Å². The maximum atomic E-state index is 13.0. The second-order valence-electron chi connectivity index (χ2n) is 3.31. The average Bonchev–Trinajstić information content (AvgIpc) is 2.29. The van der Waals surface area contributed by atoms with Crippen LogP contribution >= 0.6 is 0 Å². The first-order valence-electron chi connectivity index (χ1n) is 4.66. The van der Waals surface area contributed by atoms with Crippen LogP contribution in [0.5, 0.6) is 11.5 Å². The summed E-state index contributed by atoms with van der Waals surface area (Å²) >= 11 is 0. The Morgan fingerprint density at radius 2 is 2.27 bits per heavy atom. The number of pyridine rings is 1. The van der Waals surface area contributed by atoms with Gasteiger partial charge in [0.2, 0.25) is 0 Å². The summed E-state index contributed by atoms with van der Waals surface area (Å²) in [4.78, 5) is 4.16. The predicted octanol–water partition coefficient (Wildman–Crippen LogP) is 2.30. The number of hydrogen-bond donors (Lipinski definition) is 0. The Morgan fingerprint density at radius 1 is 1.33 bits per heavy atom. The summed E-state index contributed by atoms with van der Waals surface area (Å²) < 4.78 is 23.3. The van der Waals surface area contributed by atoms with Crippen LogP contribution in [0.15, 0.2) is 30.5 Å². The summed E-state index contributed by atoms with van der Waals surface area (Å²) in [6.07, 6.45) is 0.235. The third-order valence-electron chi connectivity index (χ3n) is 2.31. The molecule has 1 aliphatic heterocycles. The summed E-state index contributed by atoms with van der Waals surface area (Å²) in [5, 5.41) is 0.911. The van der Waals surface area contributed by atoms with Crippen molar-refractivity contribution in [2.75, 3.05) is 6.61 Å². The Balaban J connectivity index is 2.28. The topological polar surface area (TPSA) is 31.4 Å². The maximum Gasteiger partial charge on any atom is 0.272 e. The molecule has 0 N–H and O–H groups in total. The first-order valence-corrected chi connectivity index (χ1v) is 4.66. The van der Waals surface area contributed by atoms with E-state index in [4.69, 9.17) is 9.47 Å². The molecule has 3 nitrogen and oxygen atoms in total. The van der Waals surface area contributed by atoms with Gasteiger partial charge in [0.15, 0.2) is 18.1 Å². The second kappa shape index (κ2) is 3.08. The molecule has 1 aromatic carbocycles. The van der Waals surface area contributed by atoms with Crippen molar-refractivity contribution in [3.05, 3.63) is 30.5 Å². The molecule has 3 rings (SSSR count). The molecule has 0 radical (unpaired) electrons. The Hall–Kier alpha value is -1.84. The lowest BCUT2D eigenvalue weighted by atomic mass is 10.2. The van der Waals surface area contributed by atoms with Crippen LogP contribution in [-0.2, 0) is 0 Å². The van der Waals surface area contributed by atoms with Gasteiger partial charge >= 0.3 is 0 Å². The fraction of sp³-hybridized carbons (Fsp3) is 0.182. The molecule has 4 heteroatoms. The number of benzene rings is 1. The molecule has 2 heterocycles. The normalized spacial score (nSPS) is 19.1. The third kappa shape index (κ3) is 1.29. The number of halogens is 1.